The second kappa shape index (κ2) is 20.7. The molecule has 0 aromatic heterocycles. The van der Waals surface area contributed by atoms with E-state index in [4.69, 9.17) is 14.6 Å². The van der Waals surface area contributed by atoms with Gasteiger partial charge in [-0.05, 0) is 25.7 Å². The average Bonchev–Trinajstić information content (AvgIpc) is 2.60. The maximum Gasteiger partial charge on any atom is 0.157 e. The minimum atomic E-state index is -0.0684. The van der Waals surface area contributed by atoms with Crippen LogP contribution in [0.4, 0.5) is 0 Å². The second-order valence-corrected chi connectivity index (χ2v) is 6.56. The molecule has 1 N–H and O–H groups in total. The number of unbranched alkanes of at least 4 members (excludes halogenated alkanes) is 8. The molecule has 0 radical (unpaired) electrons. The van der Waals surface area contributed by atoms with Crippen molar-refractivity contribution in [3.05, 3.63) is 12.2 Å². The van der Waals surface area contributed by atoms with Gasteiger partial charge in [0, 0.05) is 26.2 Å². The monoisotopic (exact) mass is 342 g/mol. The Balaban J connectivity index is 3.82. The number of rotatable bonds is 19. The maximum absolute atomic E-state index is 8.78. The van der Waals surface area contributed by atoms with Gasteiger partial charge in [0.1, 0.15) is 0 Å². The summed E-state index contributed by atoms with van der Waals surface area (Å²) < 4.78 is 11.9. The van der Waals surface area contributed by atoms with Crippen LogP contribution < -0.4 is 0 Å². The van der Waals surface area contributed by atoms with Crippen LogP contribution in [0.5, 0.6) is 0 Å². The van der Waals surface area contributed by atoms with Crippen LogP contribution in [0, 0.1) is 0 Å². The van der Waals surface area contributed by atoms with Gasteiger partial charge >= 0.3 is 0 Å². The SMILES string of the molecule is CCCCCCCOC(CC/C=C\CCO)OCCCCCCC. The molecule has 0 aliphatic rings. The lowest BCUT2D eigenvalue weighted by molar-refractivity contribution is -0.146. The molecule has 0 rings (SSSR count). The summed E-state index contributed by atoms with van der Waals surface area (Å²) in [6.45, 7) is 6.33. The van der Waals surface area contributed by atoms with Gasteiger partial charge in [0.25, 0.3) is 0 Å². The van der Waals surface area contributed by atoms with Crippen molar-refractivity contribution in [2.24, 2.45) is 0 Å². The molecule has 0 aromatic rings. The zero-order chi connectivity index (χ0) is 17.7. The summed E-state index contributed by atoms with van der Waals surface area (Å²) in [7, 11) is 0. The largest absolute Gasteiger partial charge is 0.396 e. The number of aliphatic hydroxyl groups excluding tert-OH is 1. The van der Waals surface area contributed by atoms with Gasteiger partial charge in [-0.2, -0.15) is 0 Å². The van der Waals surface area contributed by atoms with Gasteiger partial charge in [0.2, 0.25) is 0 Å². The van der Waals surface area contributed by atoms with E-state index in [2.05, 4.69) is 19.9 Å². The fourth-order valence-electron chi connectivity index (χ4n) is 2.60. The predicted molar refractivity (Wildman–Crippen MR) is 103 cm³/mol. The van der Waals surface area contributed by atoms with Crippen LogP contribution in [0.2, 0.25) is 0 Å². The highest BCUT2D eigenvalue weighted by molar-refractivity contribution is 4.81. The third-order valence-corrected chi connectivity index (χ3v) is 4.13. The molecule has 0 amide bonds. The van der Waals surface area contributed by atoms with Crippen LogP contribution in [0.1, 0.15) is 97.3 Å². The van der Waals surface area contributed by atoms with E-state index in [1.54, 1.807) is 0 Å². The molecule has 0 bridgehead atoms. The Kier molecular flexibility index (Phi) is 20.3. The molecule has 3 heteroatoms. The minimum absolute atomic E-state index is 0.0684. The molecule has 0 aliphatic carbocycles. The summed E-state index contributed by atoms with van der Waals surface area (Å²) in [5.74, 6) is 0. The van der Waals surface area contributed by atoms with Crippen molar-refractivity contribution < 1.29 is 14.6 Å². The molecular weight excluding hydrogens is 300 g/mol. The minimum Gasteiger partial charge on any atom is -0.396 e. The second-order valence-electron chi connectivity index (χ2n) is 6.56. The molecule has 0 spiro atoms. The predicted octanol–water partition coefficient (Wildman–Crippen LogP) is 6.01. The van der Waals surface area contributed by atoms with Gasteiger partial charge in [-0.1, -0.05) is 77.4 Å². The molecule has 3 nitrogen and oxygen atoms in total. The molecule has 0 aromatic carbocycles. The van der Waals surface area contributed by atoms with E-state index in [9.17, 15) is 0 Å². The van der Waals surface area contributed by atoms with Gasteiger partial charge in [0.15, 0.2) is 6.29 Å². The molecule has 0 saturated heterocycles. The van der Waals surface area contributed by atoms with Crippen molar-refractivity contribution in [1.82, 2.24) is 0 Å². The maximum atomic E-state index is 8.78. The highest BCUT2D eigenvalue weighted by Gasteiger charge is 2.08. The Hall–Kier alpha value is -0.380. The molecule has 0 aliphatic heterocycles. The molecule has 144 valence electrons. The van der Waals surface area contributed by atoms with Gasteiger partial charge < -0.3 is 14.6 Å². The van der Waals surface area contributed by atoms with Crippen molar-refractivity contribution in [3.63, 3.8) is 0 Å². The van der Waals surface area contributed by atoms with E-state index in [1.165, 1.54) is 51.4 Å². The Morgan fingerprint density at radius 2 is 1.21 bits per heavy atom. The quantitative estimate of drug-likeness (QED) is 0.178. The molecular formula is C21H42O3. The fourth-order valence-corrected chi connectivity index (χ4v) is 2.60. The van der Waals surface area contributed by atoms with Crippen molar-refractivity contribution in [1.29, 1.82) is 0 Å². The topological polar surface area (TPSA) is 38.7 Å². The van der Waals surface area contributed by atoms with E-state index < -0.39 is 0 Å². The lowest BCUT2D eigenvalue weighted by Gasteiger charge is -2.18. The van der Waals surface area contributed by atoms with E-state index in [-0.39, 0.29) is 12.9 Å². The zero-order valence-corrected chi connectivity index (χ0v) is 16.3. The van der Waals surface area contributed by atoms with Crippen LogP contribution in [0.25, 0.3) is 0 Å². The summed E-state index contributed by atoms with van der Waals surface area (Å²) in [5, 5.41) is 8.78. The Bertz CT molecular complexity index is 237. The number of ether oxygens (including phenoxy) is 2. The van der Waals surface area contributed by atoms with E-state index in [0.717, 1.165) is 45.3 Å². The average molecular weight is 343 g/mol. The van der Waals surface area contributed by atoms with E-state index in [1.807, 2.05) is 6.08 Å². The smallest absolute Gasteiger partial charge is 0.157 e. The first-order chi connectivity index (χ1) is 11.8. The summed E-state index contributed by atoms with van der Waals surface area (Å²) in [5.41, 5.74) is 0. The zero-order valence-electron chi connectivity index (χ0n) is 16.3. The Labute approximate surface area is 150 Å². The van der Waals surface area contributed by atoms with E-state index in [0.29, 0.717) is 0 Å². The summed E-state index contributed by atoms with van der Waals surface area (Å²) in [6.07, 6.45) is 19.3. The molecule has 0 atom stereocenters. The summed E-state index contributed by atoms with van der Waals surface area (Å²) in [4.78, 5) is 0. The highest BCUT2D eigenvalue weighted by atomic mass is 16.7. The molecule has 0 fully saturated rings. The first kappa shape index (κ1) is 23.6. The first-order valence-electron chi connectivity index (χ1n) is 10.3. The first-order valence-corrected chi connectivity index (χ1v) is 10.3. The Morgan fingerprint density at radius 1 is 0.708 bits per heavy atom. The summed E-state index contributed by atoms with van der Waals surface area (Å²) in [6, 6.07) is 0. The van der Waals surface area contributed by atoms with Gasteiger partial charge in [-0.25, -0.2) is 0 Å². The number of aliphatic hydroxyl groups is 1. The van der Waals surface area contributed by atoms with E-state index >= 15 is 0 Å². The normalized spacial score (nSPS) is 11.8. The number of allylic oxidation sites excluding steroid dienone is 1. The molecule has 0 saturated carbocycles. The molecule has 0 unspecified atom stereocenters. The van der Waals surface area contributed by atoms with Crippen molar-refractivity contribution >= 4 is 0 Å². The molecule has 24 heavy (non-hydrogen) atoms. The highest BCUT2D eigenvalue weighted by Crippen LogP contribution is 2.10. The van der Waals surface area contributed by atoms with Gasteiger partial charge in [-0.15, -0.1) is 0 Å². The lowest BCUT2D eigenvalue weighted by Crippen LogP contribution is -2.18. The van der Waals surface area contributed by atoms with Crippen molar-refractivity contribution in [2.45, 2.75) is 104 Å². The lowest BCUT2D eigenvalue weighted by atomic mass is 10.2. The molecule has 0 heterocycles. The third kappa shape index (κ3) is 18.0. The van der Waals surface area contributed by atoms with Crippen LogP contribution in [0.3, 0.4) is 0 Å². The van der Waals surface area contributed by atoms with Crippen molar-refractivity contribution in [3.8, 4) is 0 Å². The van der Waals surface area contributed by atoms with Crippen LogP contribution >= 0.6 is 0 Å². The van der Waals surface area contributed by atoms with Crippen LogP contribution in [-0.4, -0.2) is 31.2 Å². The van der Waals surface area contributed by atoms with Gasteiger partial charge in [-0.3, -0.25) is 0 Å². The van der Waals surface area contributed by atoms with Gasteiger partial charge in [0.05, 0.1) is 0 Å². The fraction of sp³-hybridized carbons (Fsp3) is 0.905. The standard InChI is InChI=1S/C21H42O3/c1-3-5-7-11-15-19-23-21(17-13-9-10-14-18-22)24-20-16-12-8-6-4-2/h9-10,21-22H,3-8,11-20H2,1-2H3/b10-9-. The van der Waals surface area contributed by atoms with Crippen molar-refractivity contribution in [2.75, 3.05) is 19.8 Å². The number of hydrogen-bond acceptors (Lipinski definition) is 3. The number of hydrogen-bond donors (Lipinski definition) is 1. The van der Waals surface area contributed by atoms with Crippen LogP contribution in [-0.2, 0) is 9.47 Å². The Morgan fingerprint density at radius 3 is 1.71 bits per heavy atom. The van der Waals surface area contributed by atoms with Crippen LogP contribution in [0.15, 0.2) is 12.2 Å². The third-order valence-electron chi connectivity index (χ3n) is 4.13. The summed E-state index contributed by atoms with van der Waals surface area (Å²) >= 11 is 0.